The van der Waals surface area contributed by atoms with E-state index in [0.717, 1.165) is 34.1 Å². The van der Waals surface area contributed by atoms with E-state index in [1.54, 1.807) is 0 Å². The molecule has 0 unspecified atom stereocenters. The molecule has 0 N–H and O–H groups in total. The monoisotopic (exact) mass is 826 g/mol. The second-order valence-corrected chi connectivity index (χ2v) is 17.9. The Morgan fingerprint density at radius 2 is 0.516 bits per heavy atom. The van der Waals surface area contributed by atoms with Gasteiger partial charge in [-0.3, -0.25) is 0 Å². The first kappa shape index (κ1) is 36.4. The molecule has 0 aliphatic rings. The third-order valence-corrected chi connectivity index (χ3v) is 14.3. The maximum absolute atomic E-state index is 2.38. The van der Waals surface area contributed by atoms with Crippen molar-refractivity contribution in [2.45, 2.75) is 0 Å². The van der Waals surface area contributed by atoms with E-state index >= 15 is 0 Å². The molecule has 0 atom stereocenters. The molecule has 12 aromatic rings. The van der Waals surface area contributed by atoms with Gasteiger partial charge in [-0.25, -0.2) is 0 Å². The van der Waals surface area contributed by atoms with Gasteiger partial charge >= 0.3 is 0 Å². The number of benzene rings is 10. The van der Waals surface area contributed by atoms with Gasteiger partial charge in [0.1, 0.15) is 0 Å². The zero-order chi connectivity index (χ0) is 41.0. The Morgan fingerprint density at radius 3 is 0.855 bits per heavy atom. The summed E-state index contributed by atoms with van der Waals surface area (Å²) in [6.45, 7) is 0. The molecule has 10 aromatic carbocycles. The minimum absolute atomic E-state index is 1.13. The van der Waals surface area contributed by atoms with Gasteiger partial charge in [0.05, 0.1) is 0 Å². The van der Waals surface area contributed by atoms with E-state index in [1.165, 1.54) is 73.4 Å². The van der Waals surface area contributed by atoms with Gasteiger partial charge < -0.3 is 9.80 Å². The van der Waals surface area contributed by atoms with Crippen LogP contribution in [0.3, 0.4) is 0 Å². The van der Waals surface area contributed by atoms with Crippen LogP contribution in [0.25, 0.3) is 73.4 Å². The Hall–Kier alpha value is -7.50. The van der Waals surface area contributed by atoms with Crippen molar-refractivity contribution in [3.63, 3.8) is 0 Å². The van der Waals surface area contributed by atoms with Crippen LogP contribution < -0.4 is 9.80 Å². The van der Waals surface area contributed by atoms with Gasteiger partial charge in [0.15, 0.2) is 0 Å². The van der Waals surface area contributed by atoms with Crippen molar-refractivity contribution in [1.29, 1.82) is 0 Å². The molecule has 0 aliphatic carbocycles. The number of nitrogens with zero attached hydrogens (tertiary/aromatic N) is 2. The lowest BCUT2D eigenvalue weighted by molar-refractivity contribution is 1.28. The van der Waals surface area contributed by atoms with Crippen molar-refractivity contribution in [1.82, 2.24) is 0 Å². The van der Waals surface area contributed by atoms with E-state index in [2.05, 4.69) is 240 Å². The van der Waals surface area contributed by atoms with Crippen LogP contribution in [0.2, 0.25) is 0 Å². The van der Waals surface area contributed by atoms with Crippen LogP contribution in [0.15, 0.2) is 231 Å². The van der Waals surface area contributed by atoms with Crippen LogP contribution in [-0.4, -0.2) is 0 Å². The predicted molar refractivity (Wildman–Crippen MR) is 270 cm³/mol. The van der Waals surface area contributed by atoms with E-state index < -0.39 is 0 Å². The molecule has 0 amide bonds. The second-order valence-electron chi connectivity index (χ2n) is 15.7. The first-order valence-electron chi connectivity index (χ1n) is 21.0. The van der Waals surface area contributed by atoms with Crippen molar-refractivity contribution < 1.29 is 0 Å². The quantitative estimate of drug-likeness (QED) is 0.151. The molecule has 292 valence electrons. The Morgan fingerprint density at radius 1 is 0.226 bits per heavy atom. The molecule has 4 heteroatoms. The third kappa shape index (κ3) is 6.31. The summed E-state index contributed by atoms with van der Waals surface area (Å²) in [5, 5.41) is 7.98. The molecule has 62 heavy (non-hydrogen) atoms. The van der Waals surface area contributed by atoms with E-state index in [9.17, 15) is 0 Å². The maximum Gasteiger partial charge on any atom is 0.0462 e. The third-order valence-electron chi connectivity index (χ3n) is 12.0. The molecule has 2 heterocycles. The highest BCUT2D eigenvalue weighted by molar-refractivity contribution is 7.26. The molecule has 0 saturated carbocycles. The van der Waals surface area contributed by atoms with Crippen molar-refractivity contribution in [3.8, 4) is 22.3 Å². The van der Waals surface area contributed by atoms with Crippen molar-refractivity contribution in [2.75, 3.05) is 9.80 Å². The lowest BCUT2D eigenvalue weighted by Crippen LogP contribution is -2.09. The van der Waals surface area contributed by atoms with Crippen LogP contribution in [0.4, 0.5) is 34.1 Å². The summed E-state index contributed by atoms with van der Waals surface area (Å²) in [4.78, 5) is 4.62. The lowest BCUT2D eigenvalue weighted by Gasteiger charge is -2.25. The molecule has 2 aromatic heterocycles. The average Bonchev–Trinajstić information content (AvgIpc) is 3.92. The zero-order valence-corrected chi connectivity index (χ0v) is 35.3. The van der Waals surface area contributed by atoms with Crippen LogP contribution in [0.5, 0.6) is 0 Å². The summed E-state index contributed by atoms with van der Waals surface area (Å²) >= 11 is 3.78. The van der Waals surface area contributed by atoms with Crippen LogP contribution in [0, 0.1) is 0 Å². The second kappa shape index (κ2) is 15.2. The van der Waals surface area contributed by atoms with Crippen LogP contribution in [0.1, 0.15) is 0 Å². The number of fused-ring (bicyclic) bond motifs is 9. The minimum Gasteiger partial charge on any atom is -0.311 e. The van der Waals surface area contributed by atoms with E-state index in [4.69, 9.17) is 0 Å². The standard InChI is InChI=1S/C58H38N2S2/c1-5-13-43(14-6-1)59(44-15-7-2-8-16-44)47-27-21-39(22-28-47)41-25-31-51-55(37-41)61-53-35-33-50-49(57(51)53)34-36-54-58(50)52-32-26-42(38-56(52)62-54)40-23-29-48(30-24-40)60(45-17-9-3-10-18-45)46-19-11-4-12-20-46/h1-38H. The van der Waals surface area contributed by atoms with Gasteiger partial charge in [-0.2, -0.15) is 0 Å². The smallest absolute Gasteiger partial charge is 0.0462 e. The van der Waals surface area contributed by atoms with Gasteiger partial charge in [-0.15, -0.1) is 22.7 Å². The SMILES string of the molecule is c1ccc(N(c2ccccc2)c2ccc(-c3ccc4c(c3)sc3ccc5c(ccc6sc7cc(-c8ccc(N(c9ccccc9)c9ccccc9)cc8)ccc7c65)c34)cc2)cc1. The first-order valence-corrected chi connectivity index (χ1v) is 22.6. The number of hydrogen-bond donors (Lipinski definition) is 0. The first-order chi connectivity index (χ1) is 30.7. The summed E-state index contributed by atoms with van der Waals surface area (Å²) in [6.07, 6.45) is 0. The number of rotatable bonds is 8. The minimum atomic E-state index is 1.13. The van der Waals surface area contributed by atoms with Gasteiger partial charge in [0.25, 0.3) is 0 Å². The van der Waals surface area contributed by atoms with Crippen LogP contribution in [-0.2, 0) is 0 Å². The summed E-state index contributed by atoms with van der Waals surface area (Å²) in [7, 11) is 0. The van der Waals surface area contributed by atoms with Gasteiger partial charge in [0, 0.05) is 74.5 Å². The van der Waals surface area contributed by atoms with Gasteiger partial charge in [-0.1, -0.05) is 133 Å². The Kier molecular flexibility index (Phi) is 8.91. The number of thiophene rings is 2. The number of anilines is 6. The van der Waals surface area contributed by atoms with E-state index in [1.807, 2.05) is 22.7 Å². The fraction of sp³-hybridized carbons (Fsp3) is 0. The molecular formula is C58H38N2S2. The predicted octanol–water partition coefficient (Wildman–Crippen LogP) is 17.8. The highest BCUT2D eigenvalue weighted by Gasteiger charge is 2.17. The van der Waals surface area contributed by atoms with Crippen molar-refractivity contribution in [3.05, 3.63) is 231 Å². The average molecular weight is 827 g/mol. The fourth-order valence-corrected chi connectivity index (χ4v) is 11.4. The Labute approximate surface area is 368 Å². The molecule has 12 rings (SSSR count). The summed E-state index contributed by atoms with van der Waals surface area (Å²) in [6, 6.07) is 83.7. The molecule has 0 fully saturated rings. The van der Waals surface area contributed by atoms with Crippen LogP contribution >= 0.6 is 22.7 Å². The van der Waals surface area contributed by atoms with E-state index in [0.29, 0.717) is 0 Å². The highest BCUT2D eigenvalue weighted by atomic mass is 32.1. The molecule has 0 spiro atoms. The summed E-state index contributed by atoms with van der Waals surface area (Å²) < 4.78 is 5.27. The van der Waals surface area contributed by atoms with Crippen molar-refractivity contribution in [2.24, 2.45) is 0 Å². The largest absolute Gasteiger partial charge is 0.311 e. The molecular weight excluding hydrogens is 789 g/mol. The zero-order valence-electron chi connectivity index (χ0n) is 33.7. The fourth-order valence-electron chi connectivity index (χ4n) is 9.12. The molecule has 0 saturated heterocycles. The number of para-hydroxylation sites is 4. The summed E-state index contributed by atoms with van der Waals surface area (Å²) in [5.74, 6) is 0. The maximum atomic E-state index is 2.38. The number of hydrogen-bond acceptors (Lipinski definition) is 4. The molecule has 0 bridgehead atoms. The highest BCUT2D eigenvalue weighted by Crippen LogP contribution is 2.46. The topological polar surface area (TPSA) is 6.48 Å². The summed E-state index contributed by atoms with van der Waals surface area (Å²) in [5.41, 5.74) is 11.7. The van der Waals surface area contributed by atoms with E-state index in [-0.39, 0.29) is 0 Å². The molecule has 0 aliphatic heterocycles. The van der Waals surface area contributed by atoms with Gasteiger partial charge in [-0.05, 0) is 130 Å². The lowest BCUT2D eigenvalue weighted by atomic mass is 9.97. The normalized spacial score (nSPS) is 11.5. The molecule has 0 radical (unpaired) electrons. The Bertz CT molecular complexity index is 3220. The molecule has 2 nitrogen and oxygen atoms in total. The van der Waals surface area contributed by atoms with Gasteiger partial charge in [0.2, 0.25) is 0 Å². The van der Waals surface area contributed by atoms with Crippen molar-refractivity contribution >= 4 is 108 Å². The Balaban J connectivity index is 0.876.